The largest absolute Gasteiger partial charge is 0.479 e. The molecule has 0 radical (unpaired) electrons. The normalized spacial score (nSPS) is 19.0. The molecule has 10 nitrogen and oxygen atoms in total. The van der Waals surface area contributed by atoms with Gasteiger partial charge >= 0.3 is 0 Å². The van der Waals surface area contributed by atoms with E-state index in [9.17, 15) is 4.79 Å². The summed E-state index contributed by atoms with van der Waals surface area (Å²) in [6.45, 7) is 15.7. The Morgan fingerprint density at radius 1 is 1.05 bits per heavy atom. The van der Waals surface area contributed by atoms with Crippen molar-refractivity contribution in [2.75, 3.05) is 44.5 Å². The standard InChI is InChI=1S/C34H47N5O5/c1-21-18-25-26(34(5,6)44-33(25,3)4)20-23(21)19-24-13-14-27(43-24)29(40)36-28-30(41-7)37-32(38-31(28)42-8)35-15-11-17-39-16-10-9-12-22(39)2/h13-14,18,20,22H,9-12,15-17,19H2,1-8H3,(H,36,40)(H,35,37,38). The Morgan fingerprint density at radius 2 is 1.73 bits per heavy atom. The van der Waals surface area contributed by atoms with E-state index in [2.05, 4.69) is 79.2 Å². The van der Waals surface area contributed by atoms with Gasteiger partial charge in [0.15, 0.2) is 11.4 Å². The quantitative estimate of drug-likeness (QED) is 0.239. The predicted octanol–water partition coefficient (Wildman–Crippen LogP) is 6.42. The van der Waals surface area contributed by atoms with Crippen LogP contribution in [0.3, 0.4) is 0 Å². The van der Waals surface area contributed by atoms with Crippen LogP contribution in [0.15, 0.2) is 28.7 Å². The van der Waals surface area contributed by atoms with Gasteiger partial charge in [-0.15, -0.1) is 0 Å². The summed E-state index contributed by atoms with van der Waals surface area (Å²) in [6.07, 6.45) is 5.36. The molecule has 1 atom stereocenters. The van der Waals surface area contributed by atoms with Crippen molar-refractivity contribution < 1.29 is 23.4 Å². The molecule has 3 aromatic rings. The molecular weight excluding hydrogens is 558 g/mol. The highest BCUT2D eigenvalue weighted by molar-refractivity contribution is 6.03. The van der Waals surface area contributed by atoms with Gasteiger partial charge in [-0.25, -0.2) is 0 Å². The zero-order chi connectivity index (χ0) is 31.6. The fourth-order valence-corrected chi connectivity index (χ4v) is 6.52. The highest BCUT2D eigenvalue weighted by atomic mass is 16.5. The summed E-state index contributed by atoms with van der Waals surface area (Å²) in [6, 6.07) is 8.55. The number of nitrogens with zero attached hydrogens (tertiary/aromatic N) is 3. The van der Waals surface area contributed by atoms with E-state index in [0.717, 1.165) is 30.6 Å². The number of piperidine rings is 1. The van der Waals surface area contributed by atoms with Gasteiger partial charge < -0.3 is 34.2 Å². The molecule has 1 aromatic carbocycles. The lowest BCUT2D eigenvalue weighted by molar-refractivity contribution is -0.105. The number of hydrogen-bond donors (Lipinski definition) is 2. The maximum Gasteiger partial charge on any atom is 0.291 e. The van der Waals surface area contributed by atoms with Crippen molar-refractivity contribution in [1.82, 2.24) is 14.9 Å². The molecular formula is C34H47N5O5. The van der Waals surface area contributed by atoms with Gasteiger partial charge in [-0.3, -0.25) is 4.79 Å². The highest BCUT2D eigenvalue weighted by Gasteiger charge is 2.43. The second-order valence-corrected chi connectivity index (χ2v) is 12.9. The fourth-order valence-electron chi connectivity index (χ4n) is 6.52. The van der Waals surface area contributed by atoms with Gasteiger partial charge in [0.2, 0.25) is 17.7 Å². The number of ether oxygens (including phenoxy) is 3. The fraction of sp³-hybridized carbons (Fsp3) is 0.559. The number of benzene rings is 1. The van der Waals surface area contributed by atoms with Crippen LogP contribution in [0.1, 0.15) is 98.9 Å². The van der Waals surface area contributed by atoms with Crippen LogP contribution >= 0.6 is 0 Å². The molecule has 238 valence electrons. The summed E-state index contributed by atoms with van der Waals surface area (Å²) < 4.78 is 23.4. The Hall–Kier alpha value is -3.63. The number of carbonyl (C=O) groups excluding carboxylic acids is 1. The van der Waals surface area contributed by atoms with E-state index in [0.29, 0.717) is 30.7 Å². The first-order valence-corrected chi connectivity index (χ1v) is 15.6. The molecule has 5 rings (SSSR count). The van der Waals surface area contributed by atoms with Crippen molar-refractivity contribution in [2.45, 2.75) is 90.9 Å². The molecule has 0 spiro atoms. The molecule has 1 unspecified atom stereocenters. The van der Waals surface area contributed by atoms with Crippen LogP contribution in [-0.4, -0.2) is 60.7 Å². The van der Waals surface area contributed by atoms with Crippen molar-refractivity contribution in [3.8, 4) is 11.8 Å². The molecule has 1 saturated heterocycles. The van der Waals surface area contributed by atoms with Gasteiger partial charge in [0.05, 0.1) is 25.4 Å². The van der Waals surface area contributed by atoms with Gasteiger partial charge in [-0.05, 0) is 102 Å². The average Bonchev–Trinajstić information content (AvgIpc) is 3.51. The van der Waals surface area contributed by atoms with E-state index in [-0.39, 0.29) is 34.4 Å². The van der Waals surface area contributed by atoms with Crippen molar-refractivity contribution in [3.63, 3.8) is 0 Å². The molecule has 2 aromatic heterocycles. The summed E-state index contributed by atoms with van der Waals surface area (Å²) in [5, 5.41) is 6.09. The van der Waals surface area contributed by atoms with Gasteiger partial charge in [0.25, 0.3) is 5.91 Å². The lowest BCUT2D eigenvalue weighted by atomic mass is 9.86. The first kappa shape index (κ1) is 31.8. The Kier molecular flexibility index (Phi) is 9.23. The van der Waals surface area contributed by atoms with Crippen LogP contribution in [0, 0.1) is 6.92 Å². The van der Waals surface area contributed by atoms with Crippen molar-refractivity contribution >= 4 is 17.5 Å². The molecule has 4 heterocycles. The van der Waals surface area contributed by atoms with Gasteiger partial charge in [-0.1, -0.05) is 18.6 Å². The average molecular weight is 606 g/mol. The first-order chi connectivity index (χ1) is 20.9. The molecule has 2 aliphatic heterocycles. The number of likely N-dealkylation sites (tertiary alicyclic amines) is 1. The number of amides is 1. The topological polar surface area (TPSA) is 111 Å². The maximum atomic E-state index is 13.3. The molecule has 2 N–H and O–H groups in total. The van der Waals surface area contributed by atoms with Gasteiger partial charge in [-0.2, -0.15) is 9.97 Å². The minimum absolute atomic E-state index is 0.168. The van der Waals surface area contributed by atoms with Crippen LogP contribution in [0.5, 0.6) is 11.8 Å². The van der Waals surface area contributed by atoms with E-state index in [1.165, 1.54) is 44.6 Å². The summed E-state index contributed by atoms with van der Waals surface area (Å²) in [4.78, 5) is 24.7. The van der Waals surface area contributed by atoms with Crippen LogP contribution in [-0.2, 0) is 22.4 Å². The summed E-state index contributed by atoms with van der Waals surface area (Å²) in [7, 11) is 2.99. The molecule has 0 aliphatic carbocycles. The van der Waals surface area contributed by atoms with Gasteiger partial charge in [0.1, 0.15) is 5.76 Å². The SMILES string of the molecule is COc1nc(NCCCN2CCCCC2C)nc(OC)c1NC(=O)c1ccc(Cc2cc3c(cc2C)C(C)(C)OC3(C)C)o1. The highest BCUT2D eigenvalue weighted by Crippen LogP contribution is 2.47. The van der Waals surface area contributed by atoms with Crippen LogP contribution in [0.25, 0.3) is 0 Å². The van der Waals surface area contributed by atoms with E-state index >= 15 is 0 Å². The number of furan rings is 1. The molecule has 1 fully saturated rings. The Bertz CT molecular complexity index is 1470. The second-order valence-electron chi connectivity index (χ2n) is 12.9. The minimum Gasteiger partial charge on any atom is -0.479 e. The third-order valence-electron chi connectivity index (χ3n) is 8.85. The summed E-state index contributed by atoms with van der Waals surface area (Å²) in [5.41, 5.74) is 4.19. The number of aryl methyl sites for hydroxylation is 1. The lowest BCUT2D eigenvalue weighted by Crippen LogP contribution is -2.38. The van der Waals surface area contributed by atoms with Crippen LogP contribution in [0.4, 0.5) is 11.6 Å². The number of nitrogens with one attached hydrogen (secondary N) is 2. The van der Waals surface area contributed by atoms with E-state index in [1.54, 1.807) is 6.07 Å². The molecule has 0 saturated carbocycles. The minimum atomic E-state index is -0.449. The van der Waals surface area contributed by atoms with Crippen LogP contribution in [0.2, 0.25) is 0 Å². The Labute approximate surface area is 260 Å². The zero-order valence-electron chi connectivity index (χ0n) is 27.4. The monoisotopic (exact) mass is 605 g/mol. The predicted molar refractivity (Wildman–Crippen MR) is 171 cm³/mol. The summed E-state index contributed by atoms with van der Waals surface area (Å²) in [5.74, 6) is 1.18. The number of rotatable bonds is 11. The van der Waals surface area contributed by atoms with Gasteiger partial charge in [0, 0.05) is 25.6 Å². The number of carbonyl (C=O) groups is 1. The molecule has 0 bridgehead atoms. The van der Waals surface area contributed by atoms with Crippen molar-refractivity contribution in [1.29, 1.82) is 0 Å². The maximum absolute atomic E-state index is 13.3. The third kappa shape index (κ3) is 6.71. The smallest absolute Gasteiger partial charge is 0.291 e. The second kappa shape index (κ2) is 12.8. The number of hydrogen-bond acceptors (Lipinski definition) is 9. The molecule has 2 aliphatic rings. The zero-order valence-corrected chi connectivity index (χ0v) is 27.4. The number of methoxy groups -OCH3 is 2. The third-order valence-corrected chi connectivity index (χ3v) is 8.85. The van der Waals surface area contributed by atoms with Crippen molar-refractivity contribution in [2.24, 2.45) is 0 Å². The van der Waals surface area contributed by atoms with E-state index in [4.69, 9.17) is 18.6 Å². The lowest BCUT2D eigenvalue weighted by Gasteiger charge is -2.33. The molecule has 10 heteroatoms. The first-order valence-electron chi connectivity index (χ1n) is 15.6. The molecule has 44 heavy (non-hydrogen) atoms. The van der Waals surface area contributed by atoms with E-state index in [1.807, 2.05) is 6.07 Å². The number of aromatic nitrogens is 2. The van der Waals surface area contributed by atoms with Crippen molar-refractivity contribution in [3.05, 3.63) is 58.0 Å². The molecule has 1 amide bonds. The number of anilines is 2. The Morgan fingerprint density at radius 3 is 2.39 bits per heavy atom. The Balaban J connectivity index is 1.24. The summed E-state index contributed by atoms with van der Waals surface area (Å²) >= 11 is 0. The van der Waals surface area contributed by atoms with E-state index < -0.39 is 5.91 Å². The number of fused-ring (bicyclic) bond motifs is 1. The van der Waals surface area contributed by atoms with Crippen LogP contribution < -0.4 is 20.1 Å².